The summed E-state index contributed by atoms with van der Waals surface area (Å²) in [5.74, 6) is -1.40. The van der Waals surface area contributed by atoms with E-state index < -0.39 is 11.8 Å². The van der Waals surface area contributed by atoms with Gasteiger partial charge in [0.25, 0.3) is 0 Å². The van der Waals surface area contributed by atoms with E-state index in [0.717, 1.165) is 12.5 Å². The number of fused-ring (bicyclic) bond motifs is 1. The summed E-state index contributed by atoms with van der Waals surface area (Å²) in [5, 5.41) is -0.00231. The monoisotopic (exact) mass is 167 g/mol. The third kappa shape index (κ3) is 0.903. The molecule has 0 unspecified atom stereocenters. The van der Waals surface area contributed by atoms with E-state index in [0.29, 0.717) is 0 Å². The fourth-order valence-electron chi connectivity index (χ4n) is 0.915. The molecular formula is C7H3F2N3. The molecule has 60 valence electrons. The molecule has 3 nitrogen and oxygen atoms in total. The molecule has 2 rings (SSSR count). The van der Waals surface area contributed by atoms with Gasteiger partial charge in [0.05, 0.1) is 11.6 Å². The third-order valence-corrected chi connectivity index (χ3v) is 1.45. The molecule has 0 aliphatic carbocycles. The lowest BCUT2D eigenvalue weighted by atomic mass is 10.3. The van der Waals surface area contributed by atoms with Gasteiger partial charge < -0.3 is 0 Å². The first-order valence-corrected chi connectivity index (χ1v) is 3.19. The molecule has 0 radical (unpaired) electrons. The van der Waals surface area contributed by atoms with Crippen LogP contribution in [0.3, 0.4) is 0 Å². The molecule has 0 aromatic carbocycles. The van der Waals surface area contributed by atoms with Crippen LogP contribution in [0, 0.1) is 11.8 Å². The lowest BCUT2D eigenvalue weighted by molar-refractivity contribution is 0.575. The van der Waals surface area contributed by atoms with Crippen molar-refractivity contribution in [2.45, 2.75) is 0 Å². The fourth-order valence-corrected chi connectivity index (χ4v) is 0.915. The number of nitrogens with zero attached hydrogens (tertiary/aromatic N) is 3. The van der Waals surface area contributed by atoms with E-state index in [1.807, 2.05) is 0 Å². The Morgan fingerprint density at radius 2 is 1.92 bits per heavy atom. The largest absolute Gasteiger partial charge is 0.244 e. The predicted octanol–water partition coefficient (Wildman–Crippen LogP) is 1.30. The average molecular weight is 167 g/mol. The lowest BCUT2D eigenvalue weighted by Gasteiger charge is -1.96. The van der Waals surface area contributed by atoms with Crippen molar-refractivity contribution < 1.29 is 8.78 Å². The Hall–Kier alpha value is -1.65. The van der Waals surface area contributed by atoms with Gasteiger partial charge in [0.15, 0.2) is 5.82 Å². The van der Waals surface area contributed by atoms with Crippen LogP contribution in [0.25, 0.3) is 10.9 Å². The number of aromatic nitrogens is 3. The highest BCUT2D eigenvalue weighted by atomic mass is 19.1. The minimum atomic E-state index is -0.757. The van der Waals surface area contributed by atoms with Gasteiger partial charge >= 0.3 is 0 Å². The first-order valence-electron chi connectivity index (χ1n) is 3.19. The third-order valence-electron chi connectivity index (χ3n) is 1.45. The molecule has 0 fully saturated rings. The lowest BCUT2D eigenvalue weighted by Crippen LogP contribution is -1.92. The molecule has 12 heavy (non-hydrogen) atoms. The second-order valence-corrected chi connectivity index (χ2v) is 2.18. The second kappa shape index (κ2) is 2.44. The van der Waals surface area contributed by atoms with Gasteiger partial charge in [0.1, 0.15) is 11.8 Å². The second-order valence-electron chi connectivity index (χ2n) is 2.18. The van der Waals surface area contributed by atoms with E-state index in [-0.39, 0.29) is 10.9 Å². The molecule has 0 N–H and O–H groups in total. The van der Waals surface area contributed by atoms with Crippen molar-refractivity contribution in [3.8, 4) is 0 Å². The maximum Gasteiger partial charge on any atom is 0.224 e. The molecule has 0 bridgehead atoms. The fraction of sp³-hybridized carbons (Fsp3) is 0. The van der Waals surface area contributed by atoms with E-state index in [1.165, 1.54) is 6.20 Å². The molecule has 2 aromatic rings. The summed E-state index contributed by atoms with van der Waals surface area (Å²) < 4.78 is 25.7. The molecule has 0 spiro atoms. The summed E-state index contributed by atoms with van der Waals surface area (Å²) in [6.45, 7) is 0. The van der Waals surface area contributed by atoms with Crippen molar-refractivity contribution >= 4 is 10.9 Å². The summed E-state index contributed by atoms with van der Waals surface area (Å²) >= 11 is 0. The summed E-state index contributed by atoms with van der Waals surface area (Å²) in [4.78, 5) is 10.3. The van der Waals surface area contributed by atoms with Crippen LogP contribution in [0.1, 0.15) is 0 Å². The summed E-state index contributed by atoms with van der Waals surface area (Å²) in [6.07, 6.45) is 3.14. The normalized spacial score (nSPS) is 10.5. The van der Waals surface area contributed by atoms with Crippen LogP contribution in [-0.2, 0) is 0 Å². The van der Waals surface area contributed by atoms with Gasteiger partial charge in [-0.15, -0.1) is 0 Å². The van der Waals surface area contributed by atoms with Gasteiger partial charge in [0, 0.05) is 6.20 Å². The van der Waals surface area contributed by atoms with Crippen molar-refractivity contribution in [1.29, 1.82) is 0 Å². The number of rotatable bonds is 0. The van der Waals surface area contributed by atoms with Crippen molar-refractivity contribution in [2.24, 2.45) is 0 Å². The summed E-state index contributed by atoms with van der Waals surface area (Å²) in [7, 11) is 0. The van der Waals surface area contributed by atoms with Gasteiger partial charge in [-0.3, -0.25) is 0 Å². The minimum Gasteiger partial charge on any atom is -0.244 e. The molecule has 0 aliphatic heterocycles. The van der Waals surface area contributed by atoms with Crippen LogP contribution in [0.15, 0.2) is 18.7 Å². The van der Waals surface area contributed by atoms with Gasteiger partial charge in [-0.2, -0.15) is 4.39 Å². The average Bonchev–Trinajstić information content (AvgIpc) is 2.12. The number of pyridine rings is 1. The van der Waals surface area contributed by atoms with Crippen LogP contribution < -0.4 is 0 Å². The SMILES string of the molecule is Fc1ncc(F)c2ncncc12. The highest BCUT2D eigenvalue weighted by molar-refractivity contribution is 5.77. The first-order chi connectivity index (χ1) is 5.79. The highest BCUT2D eigenvalue weighted by Gasteiger charge is 2.06. The number of hydrogen-bond acceptors (Lipinski definition) is 3. The Kier molecular flexibility index (Phi) is 1.43. The predicted molar refractivity (Wildman–Crippen MR) is 37.2 cm³/mol. The van der Waals surface area contributed by atoms with Crippen molar-refractivity contribution in [2.75, 3.05) is 0 Å². The number of halogens is 2. The van der Waals surface area contributed by atoms with Crippen LogP contribution in [0.5, 0.6) is 0 Å². The Balaban J connectivity index is 2.95. The van der Waals surface area contributed by atoms with Gasteiger partial charge in [-0.1, -0.05) is 0 Å². The standard InChI is InChI=1S/C7H3F2N3/c8-5-2-11-7(9)4-1-10-3-12-6(4)5/h1-3H. The molecule has 0 amide bonds. The van der Waals surface area contributed by atoms with E-state index in [4.69, 9.17) is 0 Å². The van der Waals surface area contributed by atoms with Crippen molar-refractivity contribution in [3.63, 3.8) is 0 Å². The topological polar surface area (TPSA) is 38.7 Å². The first kappa shape index (κ1) is 7.02. The zero-order valence-corrected chi connectivity index (χ0v) is 5.83. The molecule has 2 heterocycles. The Morgan fingerprint density at radius 1 is 1.08 bits per heavy atom. The van der Waals surface area contributed by atoms with Crippen LogP contribution in [-0.4, -0.2) is 15.0 Å². The molecule has 5 heteroatoms. The molecule has 0 atom stereocenters. The maximum atomic E-state index is 12.8. The van der Waals surface area contributed by atoms with Crippen LogP contribution in [0.2, 0.25) is 0 Å². The van der Waals surface area contributed by atoms with Gasteiger partial charge in [0.2, 0.25) is 5.95 Å². The van der Waals surface area contributed by atoms with Crippen molar-refractivity contribution in [1.82, 2.24) is 15.0 Å². The van der Waals surface area contributed by atoms with Gasteiger partial charge in [-0.05, 0) is 0 Å². The number of hydrogen-bond donors (Lipinski definition) is 0. The Labute approximate surface area is 66.1 Å². The minimum absolute atomic E-state index is 0.00231. The van der Waals surface area contributed by atoms with E-state index in [9.17, 15) is 8.78 Å². The van der Waals surface area contributed by atoms with E-state index >= 15 is 0 Å². The highest BCUT2D eigenvalue weighted by Crippen LogP contribution is 2.14. The molecule has 0 saturated heterocycles. The van der Waals surface area contributed by atoms with E-state index in [2.05, 4.69) is 15.0 Å². The van der Waals surface area contributed by atoms with Gasteiger partial charge in [-0.25, -0.2) is 19.3 Å². The summed E-state index contributed by atoms with van der Waals surface area (Å²) in [6, 6.07) is 0. The zero-order chi connectivity index (χ0) is 8.55. The van der Waals surface area contributed by atoms with Crippen LogP contribution in [0.4, 0.5) is 8.78 Å². The molecule has 0 aliphatic rings. The van der Waals surface area contributed by atoms with E-state index in [1.54, 1.807) is 0 Å². The quantitative estimate of drug-likeness (QED) is 0.555. The molecule has 0 saturated carbocycles. The van der Waals surface area contributed by atoms with Crippen LogP contribution >= 0.6 is 0 Å². The summed E-state index contributed by atoms with van der Waals surface area (Å²) in [5.41, 5.74) is -0.0440. The molecular weight excluding hydrogens is 164 g/mol. The smallest absolute Gasteiger partial charge is 0.224 e. The Morgan fingerprint density at radius 3 is 2.67 bits per heavy atom. The van der Waals surface area contributed by atoms with Crippen molar-refractivity contribution in [3.05, 3.63) is 30.5 Å². The zero-order valence-electron chi connectivity index (χ0n) is 5.83. The molecule has 2 aromatic heterocycles. The Bertz CT molecular complexity index is 389. The maximum absolute atomic E-state index is 12.8.